The van der Waals surface area contributed by atoms with Crippen molar-refractivity contribution in [3.63, 3.8) is 0 Å². The van der Waals surface area contributed by atoms with Gasteiger partial charge < -0.3 is 19.6 Å². The highest BCUT2D eigenvalue weighted by Gasteiger charge is 2.45. The van der Waals surface area contributed by atoms with Crippen molar-refractivity contribution in [2.24, 2.45) is 0 Å². The molecule has 0 saturated carbocycles. The van der Waals surface area contributed by atoms with E-state index in [4.69, 9.17) is 4.74 Å². The average Bonchev–Trinajstić information content (AvgIpc) is 3.19. The number of carbonyl (C=O) groups excluding carboxylic acids is 2. The quantitative estimate of drug-likeness (QED) is 0.425. The molecule has 0 radical (unpaired) electrons. The molecule has 2 heterocycles. The van der Waals surface area contributed by atoms with Crippen molar-refractivity contribution in [3.05, 3.63) is 90.4 Å². The second-order valence-electron chi connectivity index (χ2n) is 8.58. The van der Waals surface area contributed by atoms with Crippen LogP contribution in [0.25, 0.3) is 0 Å². The van der Waals surface area contributed by atoms with Crippen LogP contribution in [0.15, 0.2) is 79.3 Å². The highest BCUT2D eigenvalue weighted by atomic mass is 16.6. The van der Waals surface area contributed by atoms with E-state index >= 15 is 0 Å². The Morgan fingerprint density at radius 3 is 2.30 bits per heavy atom. The summed E-state index contributed by atoms with van der Waals surface area (Å²) in [5, 5.41) is 14.3. The van der Waals surface area contributed by atoms with Gasteiger partial charge in [0.15, 0.2) is 18.5 Å². The van der Waals surface area contributed by atoms with Crippen LogP contribution >= 0.6 is 0 Å². The molecule has 1 amide bonds. The first kappa shape index (κ1) is 22.6. The minimum Gasteiger partial charge on any atom is -0.453 e. The van der Waals surface area contributed by atoms with Gasteiger partial charge in [-0.15, -0.1) is 0 Å². The van der Waals surface area contributed by atoms with Crippen molar-refractivity contribution < 1.29 is 23.9 Å². The van der Waals surface area contributed by atoms with E-state index in [2.05, 4.69) is 15.3 Å². The number of likely N-dealkylation sites (tertiary alicyclic amines) is 1. The highest BCUT2D eigenvalue weighted by molar-refractivity contribution is 5.90. The van der Waals surface area contributed by atoms with Crippen molar-refractivity contribution >= 4 is 17.7 Å². The molecule has 170 valence electrons. The van der Waals surface area contributed by atoms with Gasteiger partial charge in [-0.2, -0.15) is 0 Å². The molecule has 2 aromatic carbocycles. The maximum atomic E-state index is 13.3. The van der Waals surface area contributed by atoms with Crippen LogP contribution in [0.2, 0.25) is 0 Å². The topological polar surface area (TPSA) is 101 Å². The minimum absolute atomic E-state index is 0.185. The SMILES string of the molecule is C[N+]1(CC(=O)Nc2cnccn2)CC[C@@H](OC(=O)C(O)(c2ccccc2)c2ccccc2)C1. The molecule has 4 rings (SSSR count). The van der Waals surface area contributed by atoms with Crippen LogP contribution in [0.4, 0.5) is 5.82 Å². The standard InChI is InChI=1S/C25H26N4O4/c1-29(18-23(30)28-22-16-26-13-14-27-22)15-12-21(17-29)33-24(31)25(32,19-8-4-2-5-9-19)20-10-6-3-7-11-20/h2-11,13-14,16,21,32H,12,15,17-18H2,1H3/p+1/t21-,29?/m1/s1. The molecule has 1 unspecified atom stereocenters. The van der Waals surface area contributed by atoms with E-state index in [1.807, 2.05) is 19.2 Å². The Hall–Kier alpha value is -3.62. The zero-order valence-electron chi connectivity index (χ0n) is 18.4. The molecule has 0 aliphatic carbocycles. The number of hydrogen-bond donors (Lipinski definition) is 2. The van der Waals surface area contributed by atoms with Gasteiger partial charge in [-0.05, 0) is 11.1 Å². The maximum absolute atomic E-state index is 13.3. The molecule has 1 aromatic heterocycles. The summed E-state index contributed by atoms with van der Waals surface area (Å²) in [7, 11) is 1.95. The lowest BCUT2D eigenvalue weighted by Crippen LogP contribution is -2.48. The molecule has 2 atom stereocenters. The number of aromatic nitrogens is 2. The third kappa shape index (κ3) is 5.08. The molecule has 8 heteroatoms. The van der Waals surface area contributed by atoms with Crippen molar-refractivity contribution in [2.45, 2.75) is 18.1 Å². The Morgan fingerprint density at radius 2 is 1.73 bits per heavy atom. The fourth-order valence-corrected chi connectivity index (χ4v) is 4.26. The van der Waals surface area contributed by atoms with E-state index in [0.717, 1.165) is 0 Å². The number of anilines is 1. The van der Waals surface area contributed by atoms with Gasteiger partial charge in [0.25, 0.3) is 5.91 Å². The van der Waals surface area contributed by atoms with E-state index in [1.54, 1.807) is 48.5 Å². The Labute approximate surface area is 192 Å². The second kappa shape index (κ2) is 9.48. The summed E-state index contributed by atoms with van der Waals surface area (Å²) >= 11 is 0. The summed E-state index contributed by atoms with van der Waals surface area (Å²) in [5.41, 5.74) is -1.03. The number of amides is 1. The molecule has 1 fully saturated rings. The molecule has 1 aliphatic rings. The van der Waals surface area contributed by atoms with Crippen molar-refractivity contribution in [1.29, 1.82) is 0 Å². The van der Waals surface area contributed by atoms with Gasteiger partial charge in [-0.1, -0.05) is 60.7 Å². The smallest absolute Gasteiger partial charge is 0.348 e. The number of ether oxygens (including phenoxy) is 1. The molecule has 3 aromatic rings. The number of likely N-dealkylation sites (N-methyl/N-ethyl adjacent to an activating group) is 1. The summed E-state index contributed by atoms with van der Waals surface area (Å²) in [6, 6.07) is 17.6. The van der Waals surface area contributed by atoms with Crippen LogP contribution in [0.1, 0.15) is 17.5 Å². The summed E-state index contributed by atoms with van der Waals surface area (Å²) in [6.45, 7) is 1.35. The molecule has 1 saturated heterocycles. The van der Waals surface area contributed by atoms with Crippen molar-refractivity contribution in [1.82, 2.24) is 9.97 Å². The molecule has 8 nitrogen and oxygen atoms in total. The lowest BCUT2D eigenvalue weighted by Gasteiger charge is -2.30. The number of nitrogens with zero attached hydrogens (tertiary/aromatic N) is 3. The lowest BCUT2D eigenvalue weighted by molar-refractivity contribution is -0.890. The zero-order valence-corrected chi connectivity index (χ0v) is 18.4. The fraction of sp³-hybridized carbons (Fsp3) is 0.280. The number of esters is 1. The largest absolute Gasteiger partial charge is 0.453 e. The Morgan fingerprint density at radius 1 is 1.09 bits per heavy atom. The van der Waals surface area contributed by atoms with Gasteiger partial charge in [0.1, 0.15) is 6.54 Å². The number of nitrogens with one attached hydrogen (secondary N) is 1. The van der Waals surface area contributed by atoms with Gasteiger partial charge in [0.05, 0.1) is 19.8 Å². The molecular formula is C25H27N4O4+. The van der Waals surface area contributed by atoms with Crippen LogP contribution < -0.4 is 5.32 Å². The van der Waals surface area contributed by atoms with E-state index in [-0.39, 0.29) is 12.5 Å². The van der Waals surface area contributed by atoms with E-state index in [0.29, 0.717) is 40.9 Å². The number of benzene rings is 2. The Kier molecular flexibility index (Phi) is 6.48. The predicted octanol–water partition coefficient (Wildman–Crippen LogP) is 2.11. The monoisotopic (exact) mass is 447 g/mol. The van der Waals surface area contributed by atoms with Gasteiger partial charge in [-0.3, -0.25) is 9.78 Å². The molecule has 0 bridgehead atoms. The first-order valence-corrected chi connectivity index (χ1v) is 10.8. The van der Waals surface area contributed by atoms with Crippen LogP contribution in [-0.4, -0.2) is 64.2 Å². The summed E-state index contributed by atoms with van der Waals surface area (Å²) in [5.74, 6) is -0.510. The van der Waals surface area contributed by atoms with Crippen LogP contribution in [0.3, 0.4) is 0 Å². The predicted molar refractivity (Wildman–Crippen MR) is 122 cm³/mol. The van der Waals surface area contributed by atoms with Crippen molar-refractivity contribution in [3.8, 4) is 0 Å². The van der Waals surface area contributed by atoms with E-state index in [1.165, 1.54) is 18.6 Å². The minimum atomic E-state index is -1.92. The number of aliphatic hydroxyl groups is 1. The number of quaternary nitrogens is 1. The summed E-state index contributed by atoms with van der Waals surface area (Å²) in [6.07, 6.45) is 4.72. The van der Waals surface area contributed by atoms with Crippen molar-refractivity contribution in [2.75, 3.05) is 32.0 Å². The molecule has 2 N–H and O–H groups in total. The third-order valence-corrected chi connectivity index (χ3v) is 5.94. The molecule has 1 aliphatic heterocycles. The lowest BCUT2D eigenvalue weighted by atomic mass is 9.86. The van der Waals surface area contributed by atoms with Crippen LogP contribution in [-0.2, 0) is 19.9 Å². The first-order valence-electron chi connectivity index (χ1n) is 10.8. The Bertz CT molecular complexity index is 1060. The number of carbonyl (C=O) groups is 2. The van der Waals surface area contributed by atoms with E-state index < -0.39 is 17.7 Å². The van der Waals surface area contributed by atoms with Crippen LogP contribution in [0, 0.1) is 0 Å². The maximum Gasteiger partial charge on any atom is 0.348 e. The summed E-state index contributed by atoms with van der Waals surface area (Å²) in [4.78, 5) is 33.8. The van der Waals surface area contributed by atoms with E-state index in [9.17, 15) is 14.7 Å². The van der Waals surface area contributed by atoms with Gasteiger partial charge in [0, 0.05) is 18.8 Å². The van der Waals surface area contributed by atoms with Gasteiger partial charge in [0.2, 0.25) is 5.60 Å². The second-order valence-corrected chi connectivity index (χ2v) is 8.58. The normalized spacial score (nSPS) is 20.2. The fourth-order valence-electron chi connectivity index (χ4n) is 4.26. The third-order valence-electron chi connectivity index (χ3n) is 5.94. The Balaban J connectivity index is 1.45. The molecular weight excluding hydrogens is 420 g/mol. The average molecular weight is 448 g/mol. The number of rotatable bonds is 7. The van der Waals surface area contributed by atoms with Gasteiger partial charge in [-0.25, -0.2) is 9.78 Å². The number of hydrogen-bond acceptors (Lipinski definition) is 6. The molecule has 0 spiro atoms. The summed E-state index contributed by atoms with van der Waals surface area (Å²) < 4.78 is 6.24. The van der Waals surface area contributed by atoms with Gasteiger partial charge >= 0.3 is 5.97 Å². The zero-order chi connectivity index (χ0) is 23.3. The molecule has 33 heavy (non-hydrogen) atoms. The highest BCUT2D eigenvalue weighted by Crippen LogP contribution is 2.32. The van der Waals surface area contributed by atoms with Crippen LogP contribution in [0.5, 0.6) is 0 Å². The first-order chi connectivity index (χ1) is 15.9.